The summed E-state index contributed by atoms with van der Waals surface area (Å²) in [6.07, 6.45) is 2.10. The van der Waals surface area contributed by atoms with Gasteiger partial charge in [-0.25, -0.2) is 0 Å². The molecule has 0 aliphatic carbocycles. The predicted molar refractivity (Wildman–Crippen MR) is 163 cm³/mol. The van der Waals surface area contributed by atoms with Crippen LogP contribution in [0.15, 0.2) is 145 Å². The lowest BCUT2D eigenvalue weighted by molar-refractivity contribution is 0.0969. The first-order valence-electron chi connectivity index (χ1n) is 12.5. The van der Waals surface area contributed by atoms with Crippen LogP contribution in [0, 0.1) is 6.92 Å². The van der Waals surface area contributed by atoms with E-state index >= 15 is 0 Å². The van der Waals surface area contributed by atoms with E-state index in [-0.39, 0.29) is 5.91 Å². The van der Waals surface area contributed by atoms with Gasteiger partial charge in [0.05, 0.1) is 0 Å². The van der Waals surface area contributed by atoms with Crippen molar-refractivity contribution < 1.29 is 4.79 Å². The van der Waals surface area contributed by atoms with E-state index in [1.165, 1.54) is 0 Å². The van der Waals surface area contributed by atoms with E-state index in [1.807, 2.05) is 73.7 Å². The summed E-state index contributed by atoms with van der Waals surface area (Å²) in [7, 11) is -2.53. The van der Waals surface area contributed by atoms with Crippen LogP contribution >= 0.6 is 18.9 Å². The number of amides is 1. The Bertz CT molecular complexity index is 1440. The quantitative estimate of drug-likeness (QED) is 0.218. The number of hydrogen-bond acceptors (Lipinski definition) is 1. The number of hydrogen-bond donors (Lipinski definition) is 1. The van der Waals surface area contributed by atoms with Gasteiger partial charge in [0, 0.05) is 16.7 Å². The molecule has 4 heteroatoms. The average Bonchev–Trinajstić information content (AvgIpc) is 2.97. The van der Waals surface area contributed by atoms with Gasteiger partial charge in [0.25, 0.3) is 5.91 Å². The van der Waals surface area contributed by atoms with Gasteiger partial charge in [0.2, 0.25) is 0 Å². The van der Waals surface area contributed by atoms with E-state index in [4.69, 9.17) is 11.6 Å². The maximum atomic E-state index is 13.8. The first-order chi connectivity index (χ1) is 18.6. The number of rotatable bonds is 7. The molecule has 1 amide bonds. The molecule has 5 aromatic rings. The van der Waals surface area contributed by atoms with Gasteiger partial charge in [0.15, 0.2) is 12.7 Å². The maximum Gasteiger partial charge on any atom is 0.258 e. The second kappa shape index (κ2) is 11.6. The first kappa shape index (κ1) is 25.7. The van der Waals surface area contributed by atoms with Crippen molar-refractivity contribution in [2.24, 2.45) is 0 Å². The highest BCUT2D eigenvalue weighted by molar-refractivity contribution is 7.99. The summed E-state index contributed by atoms with van der Waals surface area (Å²) in [6.45, 7) is 2.02. The minimum Gasteiger partial charge on any atom is -0.292 e. The summed E-state index contributed by atoms with van der Waals surface area (Å²) >= 11 is 6.22. The molecule has 5 rings (SSSR count). The average molecular weight is 533 g/mol. The summed E-state index contributed by atoms with van der Waals surface area (Å²) in [6, 6.07) is 46.9. The molecule has 0 aliphatic heterocycles. The van der Waals surface area contributed by atoms with Crippen molar-refractivity contribution in [1.29, 1.82) is 0 Å². The third-order valence-corrected chi connectivity index (χ3v) is 11.0. The molecule has 0 heterocycles. The normalized spacial score (nSPS) is 11.7. The Morgan fingerprint density at radius 1 is 0.632 bits per heavy atom. The lowest BCUT2D eigenvalue weighted by Gasteiger charge is -2.29. The maximum absolute atomic E-state index is 13.8. The highest BCUT2D eigenvalue weighted by Crippen LogP contribution is 2.61. The molecule has 5 aromatic carbocycles. The van der Waals surface area contributed by atoms with Gasteiger partial charge in [-0.15, -0.1) is 0 Å². The van der Waals surface area contributed by atoms with Crippen molar-refractivity contribution in [3.8, 4) is 0 Å². The molecule has 38 heavy (non-hydrogen) atoms. The molecule has 0 fully saturated rings. The number of nitrogens with one attached hydrogen (secondary N) is 1. The van der Waals surface area contributed by atoms with Gasteiger partial charge >= 0.3 is 0 Å². The highest BCUT2D eigenvalue weighted by atomic mass is 35.5. The van der Waals surface area contributed by atoms with Crippen LogP contribution in [0.3, 0.4) is 0 Å². The van der Waals surface area contributed by atoms with Crippen LogP contribution in [0.25, 0.3) is 6.08 Å². The zero-order chi connectivity index (χ0) is 26.4. The van der Waals surface area contributed by atoms with Crippen LogP contribution in [0.1, 0.15) is 21.5 Å². The monoisotopic (exact) mass is 532 g/mol. The molecule has 0 spiro atoms. The Hall–Kier alpha value is -3.97. The Morgan fingerprint density at radius 3 is 1.53 bits per heavy atom. The molecule has 0 unspecified atom stereocenters. The summed E-state index contributed by atoms with van der Waals surface area (Å²) in [5.41, 5.74) is 3.54. The topological polar surface area (TPSA) is 29.1 Å². The second-order valence-corrected chi connectivity index (χ2v) is 12.9. The van der Waals surface area contributed by atoms with Crippen molar-refractivity contribution in [2.75, 3.05) is 0 Å². The smallest absolute Gasteiger partial charge is 0.258 e. The number of aryl methyl sites for hydroxylation is 1. The Labute approximate surface area is 230 Å². The fourth-order valence-electron chi connectivity index (χ4n) is 4.65. The number of benzene rings is 5. The lowest BCUT2D eigenvalue weighted by atomic mass is 10.1. The first-order valence-corrected chi connectivity index (χ1v) is 14.7. The minimum absolute atomic E-state index is 0.141. The molecule has 0 bridgehead atoms. The van der Waals surface area contributed by atoms with Gasteiger partial charge in [0.1, 0.15) is 15.9 Å². The molecule has 0 saturated heterocycles. The van der Waals surface area contributed by atoms with Crippen LogP contribution in [0.2, 0.25) is 5.02 Å². The van der Waals surface area contributed by atoms with Gasteiger partial charge in [-0.05, 0) is 73.2 Å². The van der Waals surface area contributed by atoms with Crippen LogP contribution < -0.4 is 21.2 Å². The standard InChI is InChI=1S/C34H27ClNOP/c1-26-17-21-28(22-18-26)34(37)36-33(25-27-19-23-29(35)24-20-27)38(30-11-5-2-6-12-30,31-13-7-3-8-14-31)32-15-9-4-10-16-32/h2-25H,1H3/p+1/b33-25+. The number of halogens is 1. The molecule has 0 atom stereocenters. The van der Waals surface area contributed by atoms with Crippen LogP contribution in [-0.2, 0) is 0 Å². The molecule has 0 aromatic heterocycles. The Kier molecular flexibility index (Phi) is 7.84. The van der Waals surface area contributed by atoms with Crippen molar-refractivity contribution in [2.45, 2.75) is 6.92 Å². The molecule has 1 N–H and O–H groups in total. The van der Waals surface area contributed by atoms with Gasteiger partial charge in [-0.2, -0.15) is 0 Å². The molecular formula is C34H28ClNOP+. The highest BCUT2D eigenvalue weighted by Gasteiger charge is 2.50. The van der Waals surface area contributed by atoms with E-state index in [2.05, 4.69) is 84.2 Å². The molecule has 2 nitrogen and oxygen atoms in total. The third kappa shape index (κ3) is 5.34. The van der Waals surface area contributed by atoms with Gasteiger partial charge in [-0.3, -0.25) is 10.1 Å². The van der Waals surface area contributed by atoms with E-state index in [1.54, 1.807) is 0 Å². The van der Waals surface area contributed by atoms with Crippen LogP contribution in [0.5, 0.6) is 0 Å². The largest absolute Gasteiger partial charge is 0.292 e. The number of carbonyl (C=O) groups excluding carboxylic acids is 1. The van der Waals surface area contributed by atoms with Crippen molar-refractivity contribution in [1.82, 2.24) is 5.32 Å². The second-order valence-electron chi connectivity index (χ2n) is 9.08. The van der Waals surface area contributed by atoms with Crippen molar-refractivity contribution in [3.05, 3.63) is 167 Å². The SMILES string of the molecule is Cc1ccc(C(=O)N/C(=C\c2ccc(Cl)cc2)[P+](c2ccccc2)(c2ccccc2)c2ccccc2)cc1. The zero-order valence-corrected chi connectivity index (χ0v) is 22.7. The third-order valence-electron chi connectivity index (χ3n) is 6.52. The summed E-state index contributed by atoms with van der Waals surface area (Å²) in [4.78, 5) is 13.8. The van der Waals surface area contributed by atoms with Crippen molar-refractivity contribution >= 4 is 46.8 Å². The summed E-state index contributed by atoms with van der Waals surface area (Å²) in [5, 5.41) is 7.52. The molecule has 186 valence electrons. The Morgan fingerprint density at radius 2 is 1.08 bits per heavy atom. The Balaban J connectivity index is 1.81. The minimum atomic E-state index is -2.53. The summed E-state index contributed by atoms with van der Waals surface area (Å²) < 4.78 is 0. The van der Waals surface area contributed by atoms with Crippen LogP contribution in [-0.4, -0.2) is 5.91 Å². The number of carbonyl (C=O) groups is 1. The lowest BCUT2D eigenvalue weighted by Crippen LogP contribution is -2.38. The molecule has 0 radical (unpaired) electrons. The van der Waals surface area contributed by atoms with E-state index in [9.17, 15) is 4.79 Å². The van der Waals surface area contributed by atoms with E-state index in [0.717, 1.165) is 32.5 Å². The van der Waals surface area contributed by atoms with Crippen molar-refractivity contribution in [3.63, 3.8) is 0 Å². The van der Waals surface area contributed by atoms with Gasteiger partial charge in [-0.1, -0.05) is 96.0 Å². The van der Waals surface area contributed by atoms with Gasteiger partial charge < -0.3 is 0 Å². The molecule has 0 saturated carbocycles. The predicted octanol–water partition coefficient (Wildman–Crippen LogP) is 7.37. The molecular weight excluding hydrogens is 505 g/mol. The van der Waals surface area contributed by atoms with E-state index < -0.39 is 7.26 Å². The fraction of sp³-hybridized carbons (Fsp3) is 0.0294. The molecule has 0 aliphatic rings. The fourth-order valence-corrected chi connectivity index (χ4v) is 8.97. The van der Waals surface area contributed by atoms with Crippen LogP contribution in [0.4, 0.5) is 0 Å². The zero-order valence-electron chi connectivity index (χ0n) is 21.1. The van der Waals surface area contributed by atoms with E-state index in [0.29, 0.717) is 10.6 Å². The summed E-state index contributed by atoms with van der Waals surface area (Å²) in [5.74, 6) is -0.141.